The summed E-state index contributed by atoms with van der Waals surface area (Å²) in [7, 11) is 0. The molecule has 1 aliphatic rings. The van der Waals surface area contributed by atoms with Gasteiger partial charge in [-0.15, -0.1) is 0 Å². The van der Waals surface area contributed by atoms with Crippen molar-refractivity contribution in [1.29, 1.82) is 0 Å². The molecule has 1 N–H and O–H groups in total. The molecule has 0 radical (unpaired) electrons. The fourth-order valence-corrected chi connectivity index (χ4v) is 1.46. The number of hydrogen-bond acceptors (Lipinski definition) is 4. The fourth-order valence-electron chi connectivity index (χ4n) is 1.46. The van der Waals surface area contributed by atoms with Gasteiger partial charge in [0.1, 0.15) is 0 Å². The number of hydrogen-bond donors (Lipinski definition) is 1. The Labute approximate surface area is 94.2 Å². The first-order valence-corrected chi connectivity index (χ1v) is 5.53. The first kappa shape index (κ1) is 11.1. The van der Waals surface area contributed by atoms with E-state index in [2.05, 4.69) is 29.1 Å². The van der Waals surface area contributed by atoms with E-state index in [1.54, 1.807) is 0 Å². The van der Waals surface area contributed by atoms with Crippen molar-refractivity contribution in [1.82, 2.24) is 9.97 Å². The molecule has 5 heteroatoms. The number of ether oxygens (including phenoxy) is 1. The molecule has 1 aromatic heterocycles. The lowest BCUT2D eigenvalue weighted by Gasteiger charge is -2.13. The van der Waals surface area contributed by atoms with Gasteiger partial charge < -0.3 is 10.1 Å². The summed E-state index contributed by atoms with van der Waals surface area (Å²) in [5, 5.41) is 3.29. The first-order chi connectivity index (χ1) is 7.70. The molecule has 1 aliphatic carbocycles. The number of anilines is 1. The van der Waals surface area contributed by atoms with Crippen LogP contribution in [-0.4, -0.2) is 22.9 Å². The molecule has 16 heavy (non-hydrogen) atoms. The minimum atomic E-state index is -0.876. The van der Waals surface area contributed by atoms with Gasteiger partial charge in [0, 0.05) is 6.04 Å². The number of alkyl halides is 1. The van der Waals surface area contributed by atoms with E-state index < -0.39 is 6.86 Å². The van der Waals surface area contributed by atoms with Crippen LogP contribution in [0.2, 0.25) is 0 Å². The molecule has 1 fully saturated rings. The van der Waals surface area contributed by atoms with Crippen molar-refractivity contribution in [3.63, 3.8) is 0 Å². The maximum atomic E-state index is 12.0. The van der Waals surface area contributed by atoms with Crippen molar-refractivity contribution in [2.75, 3.05) is 12.2 Å². The molecule has 0 unspecified atom stereocenters. The minimum absolute atomic E-state index is 0.232. The summed E-state index contributed by atoms with van der Waals surface area (Å²) in [6.07, 6.45) is 3.79. The SMILES string of the molecule is CC(C)c1ncc(OCF)nc1NC1CC1. The Hall–Kier alpha value is -1.39. The van der Waals surface area contributed by atoms with Crippen molar-refractivity contribution < 1.29 is 9.13 Å². The Morgan fingerprint density at radius 2 is 2.31 bits per heavy atom. The van der Waals surface area contributed by atoms with Crippen molar-refractivity contribution >= 4 is 5.82 Å². The third-order valence-corrected chi connectivity index (χ3v) is 2.45. The molecule has 0 amide bonds. The van der Waals surface area contributed by atoms with Crippen LogP contribution in [0.3, 0.4) is 0 Å². The van der Waals surface area contributed by atoms with Crippen molar-refractivity contribution in [3.05, 3.63) is 11.9 Å². The van der Waals surface area contributed by atoms with E-state index in [0.29, 0.717) is 6.04 Å². The van der Waals surface area contributed by atoms with Gasteiger partial charge in [0.25, 0.3) is 0 Å². The van der Waals surface area contributed by atoms with Crippen LogP contribution in [0.25, 0.3) is 0 Å². The quantitative estimate of drug-likeness (QED) is 0.836. The molecular formula is C11H16FN3O. The lowest BCUT2D eigenvalue weighted by molar-refractivity contribution is 0.184. The third kappa shape index (κ3) is 2.59. The van der Waals surface area contributed by atoms with Crippen molar-refractivity contribution in [3.8, 4) is 5.88 Å². The molecule has 1 aromatic rings. The van der Waals surface area contributed by atoms with E-state index in [0.717, 1.165) is 24.4 Å². The van der Waals surface area contributed by atoms with E-state index in [9.17, 15) is 4.39 Å². The van der Waals surface area contributed by atoms with Gasteiger partial charge in [0.05, 0.1) is 11.9 Å². The molecule has 4 nitrogen and oxygen atoms in total. The summed E-state index contributed by atoms with van der Waals surface area (Å²) >= 11 is 0. The standard InChI is InChI=1S/C11H16FN3O/c1-7(2)10-11(14-8-3-4-8)15-9(5-13-10)16-6-12/h5,7-8H,3-4,6H2,1-2H3,(H,14,15). The third-order valence-electron chi connectivity index (χ3n) is 2.45. The van der Waals surface area contributed by atoms with Gasteiger partial charge in [-0.3, -0.25) is 4.98 Å². The maximum Gasteiger partial charge on any atom is 0.236 e. The highest BCUT2D eigenvalue weighted by Crippen LogP contribution is 2.28. The van der Waals surface area contributed by atoms with Crippen LogP contribution in [0.4, 0.5) is 10.2 Å². The largest absolute Gasteiger partial charge is 0.445 e. The smallest absolute Gasteiger partial charge is 0.236 e. The van der Waals surface area contributed by atoms with Gasteiger partial charge in [-0.2, -0.15) is 4.98 Å². The van der Waals surface area contributed by atoms with Crippen LogP contribution >= 0.6 is 0 Å². The lowest BCUT2D eigenvalue weighted by atomic mass is 10.1. The molecule has 0 aromatic carbocycles. The molecule has 0 bridgehead atoms. The number of nitrogens with zero attached hydrogens (tertiary/aromatic N) is 2. The zero-order valence-corrected chi connectivity index (χ0v) is 9.53. The summed E-state index contributed by atoms with van der Waals surface area (Å²) in [6, 6.07) is 0.493. The Morgan fingerprint density at radius 3 is 2.88 bits per heavy atom. The highest BCUT2D eigenvalue weighted by Gasteiger charge is 2.24. The van der Waals surface area contributed by atoms with Gasteiger partial charge >= 0.3 is 0 Å². The van der Waals surface area contributed by atoms with Crippen LogP contribution in [0.5, 0.6) is 5.88 Å². The highest BCUT2D eigenvalue weighted by molar-refractivity contribution is 5.45. The lowest BCUT2D eigenvalue weighted by Crippen LogP contribution is -2.10. The van der Waals surface area contributed by atoms with E-state index in [-0.39, 0.29) is 11.8 Å². The molecular weight excluding hydrogens is 209 g/mol. The van der Waals surface area contributed by atoms with Gasteiger partial charge in [0.2, 0.25) is 12.7 Å². The minimum Gasteiger partial charge on any atom is -0.445 e. The van der Waals surface area contributed by atoms with Crippen LogP contribution < -0.4 is 10.1 Å². The number of halogens is 1. The first-order valence-electron chi connectivity index (χ1n) is 5.53. The summed E-state index contributed by atoms with van der Waals surface area (Å²) < 4.78 is 16.7. The average molecular weight is 225 g/mol. The molecule has 0 saturated heterocycles. The number of rotatable bonds is 5. The summed E-state index contributed by atoms with van der Waals surface area (Å²) in [4.78, 5) is 8.49. The van der Waals surface area contributed by atoms with Crippen molar-refractivity contribution in [2.24, 2.45) is 0 Å². The van der Waals surface area contributed by atoms with Gasteiger partial charge in [-0.25, -0.2) is 4.39 Å². The van der Waals surface area contributed by atoms with E-state index in [4.69, 9.17) is 4.74 Å². The summed E-state index contributed by atoms with van der Waals surface area (Å²) in [5.41, 5.74) is 0.901. The van der Waals surface area contributed by atoms with E-state index >= 15 is 0 Å². The molecule has 0 spiro atoms. The molecule has 0 atom stereocenters. The monoisotopic (exact) mass is 225 g/mol. The Kier molecular flexibility index (Phi) is 3.22. The predicted molar refractivity (Wildman–Crippen MR) is 59.4 cm³/mol. The van der Waals surface area contributed by atoms with Crippen LogP contribution in [0, 0.1) is 0 Å². The molecule has 2 rings (SSSR count). The topological polar surface area (TPSA) is 47.0 Å². The van der Waals surface area contributed by atoms with Gasteiger partial charge in [-0.05, 0) is 18.8 Å². The Morgan fingerprint density at radius 1 is 1.56 bits per heavy atom. The molecule has 0 aliphatic heterocycles. The highest BCUT2D eigenvalue weighted by atomic mass is 19.1. The maximum absolute atomic E-state index is 12.0. The normalized spacial score (nSPS) is 15.2. The molecule has 88 valence electrons. The fraction of sp³-hybridized carbons (Fsp3) is 0.636. The number of nitrogens with one attached hydrogen (secondary N) is 1. The van der Waals surface area contributed by atoms with Crippen LogP contribution in [0.15, 0.2) is 6.20 Å². The zero-order chi connectivity index (χ0) is 11.5. The second-order valence-electron chi connectivity index (χ2n) is 4.27. The van der Waals surface area contributed by atoms with Crippen LogP contribution in [-0.2, 0) is 0 Å². The molecule has 1 heterocycles. The van der Waals surface area contributed by atoms with E-state index in [1.807, 2.05) is 0 Å². The second kappa shape index (κ2) is 4.63. The Balaban J connectivity index is 2.22. The van der Waals surface area contributed by atoms with E-state index in [1.165, 1.54) is 6.20 Å². The molecule has 1 saturated carbocycles. The van der Waals surface area contributed by atoms with Crippen LogP contribution in [0.1, 0.15) is 38.3 Å². The van der Waals surface area contributed by atoms with Crippen molar-refractivity contribution in [2.45, 2.75) is 38.6 Å². The average Bonchev–Trinajstić information content (AvgIpc) is 3.02. The number of aromatic nitrogens is 2. The van der Waals surface area contributed by atoms with Gasteiger partial charge in [-0.1, -0.05) is 13.8 Å². The summed E-state index contributed by atoms with van der Waals surface area (Å²) in [6.45, 7) is 3.23. The van der Waals surface area contributed by atoms with Gasteiger partial charge in [0.15, 0.2) is 5.82 Å². The summed E-state index contributed by atoms with van der Waals surface area (Å²) in [5.74, 6) is 1.24. The Bertz CT molecular complexity index is 366. The predicted octanol–water partition coefficient (Wildman–Crippen LogP) is 2.48. The zero-order valence-electron chi connectivity index (χ0n) is 9.53. The second-order valence-corrected chi connectivity index (χ2v) is 4.27.